The standard InChI is InChI=1S/C23H25ClFN5O4/c1-34-14-7-8-18-15(10-14)17(12-30(18)22(26)32)28-23(33)29-9-3-6-19(29)21(31)27-11-13-4-2-5-16(24)20(13)25/h2,4-5,7-8,10,12,19,21,27,31H,3,6,9,11H2,1H3,(H2,26,32)(H,28,33)/t19-,21?/m0/s1. The number of fused-ring (bicyclic) bond motifs is 1. The molecule has 1 aromatic heterocycles. The van der Waals surface area contributed by atoms with Gasteiger partial charge in [-0.15, -0.1) is 0 Å². The molecule has 0 spiro atoms. The first-order valence-corrected chi connectivity index (χ1v) is 11.1. The Labute approximate surface area is 200 Å². The van der Waals surface area contributed by atoms with E-state index in [-0.39, 0.29) is 11.6 Å². The largest absolute Gasteiger partial charge is 0.497 e. The highest BCUT2D eigenvalue weighted by atomic mass is 35.5. The number of amides is 3. The van der Waals surface area contributed by atoms with Crippen molar-refractivity contribution in [2.24, 2.45) is 5.73 Å². The maximum atomic E-state index is 14.1. The smallest absolute Gasteiger partial charge is 0.323 e. The maximum Gasteiger partial charge on any atom is 0.323 e. The van der Waals surface area contributed by atoms with Crippen LogP contribution in [-0.2, 0) is 6.54 Å². The Morgan fingerprint density at radius 3 is 2.88 bits per heavy atom. The van der Waals surface area contributed by atoms with E-state index in [1.54, 1.807) is 30.3 Å². The van der Waals surface area contributed by atoms with Crippen LogP contribution in [0.15, 0.2) is 42.6 Å². The van der Waals surface area contributed by atoms with Gasteiger partial charge in [0.2, 0.25) is 0 Å². The van der Waals surface area contributed by atoms with Gasteiger partial charge < -0.3 is 25.8 Å². The number of primary amides is 1. The van der Waals surface area contributed by atoms with Gasteiger partial charge in [0, 0.05) is 30.2 Å². The van der Waals surface area contributed by atoms with Gasteiger partial charge in [0.25, 0.3) is 0 Å². The number of carbonyl (C=O) groups is 2. The summed E-state index contributed by atoms with van der Waals surface area (Å²) in [5.41, 5.74) is 6.69. The number of urea groups is 1. The molecule has 5 N–H and O–H groups in total. The number of aliphatic hydroxyl groups excluding tert-OH is 1. The molecule has 1 aliphatic rings. The fourth-order valence-corrected chi connectivity index (χ4v) is 4.41. The van der Waals surface area contributed by atoms with Gasteiger partial charge in [-0.1, -0.05) is 23.7 Å². The molecule has 2 heterocycles. The molecule has 4 rings (SSSR count). The number of nitrogens with two attached hydrogens (primary N) is 1. The molecule has 1 fully saturated rings. The number of rotatable bonds is 6. The molecular weight excluding hydrogens is 465 g/mol. The SMILES string of the molecule is COc1ccc2c(c1)c(NC(=O)N1CCC[C@H]1C(O)NCc1cccc(Cl)c1F)cn2C(N)=O. The first-order valence-electron chi connectivity index (χ1n) is 10.7. The average molecular weight is 490 g/mol. The lowest BCUT2D eigenvalue weighted by Crippen LogP contribution is -2.50. The normalized spacial score (nSPS) is 16.6. The number of aromatic nitrogens is 1. The molecule has 9 nitrogen and oxygen atoms in total. The Morgan fingerprint density at radius 1 is 1.35 bits per heavy atom. The molecular formula is C23H25ClFN5O4. The van der Waals surface area contributed by atoms with Crippen LogP contribution in [0.25, 0.3) is 10.9 Å². The van der Waals surface area contributed by atoms with Crippen molar-refractivity contribution in [2.45, 2.75) is 31.7 Å². The highest BCUT2D eigenvalue weighted by Crippen LogP contribution is 2.31. The molecule has 0 aliphatic carbocycles. The van der Waals surface area contributed by atoms with Crippen LogP contribution in [0.5, 0.6) is 5.75 Å². The molecule has 34 heavy (non-hydrogen) atoms. The fourth-order valence-electron chi connectivity index (χ4n) is 4.21. The molecule has 1 unspecified atom stereocenters. The van der Waals surface area contributed by atoms with Crippen molar-refractivity contribution in [2.75, 3.05) is 19.0 Å². The zero-order valence-electron chi connectivity index (χ0n) is 18.4. The van der Waals surface area contributed by atoms with Gasteiger partial charge in [-0.3, -0.25) is 9.88 Å². The van der Waals surface area contributed by atoms with Gasteiger partial charge in [-0.05, 0) is 37.1 Å². The summed E-state index contributed by atoms with van der Waals surface area (Å²) in [5.74, 6) is 0.00305. The fraction of sp³-hybridized carbons (Fsp3) is 0.304. The Balaban J connectivity index is 1.50. The van der Waals surface area contributed by atoms with E-state index in [0.717, 1.165) is 0 Å². The van der Waals surface area contributed by atoms with Crippen molar-refractivity contribution in [3.05, 3.63) is 59.0 Å². The molecule has 0 radical (unpaired) electrons. The van der Waals surface area contributed by atoms with Gasteiger partial charge >= 0.3 is 12.1 Å². The molecule has 2 aromatic carbocycles. The topological polar surface area (TPSA) is 122 Å². The molecule has 3 aromatic rings. The predicted molar refractivity (Wildman–Crippen MR) is 126 cm³/mol. The van der Waals surface area contributed by atoms with Gasteiger partial charge in [0.05, 0.1) is 29.4 Å². The van der Waals surface area contributed by atoms with Crippen LogP contribution in [0, 0.1) is 5.82 Å². The lowest BCUT2D eigenvalue weighted by molar-refractivity contribution is 0.0606. The zero-order chi connectivity index (χ0) is 24.4. The molecule has 0 bridgehead atoms. The Hall–Kier alpha value is -3.34. The molecule has 3 amide bonds. The van der Waals surface area contributed by atoms with Crippen molar-refractivity contribution in [3.63, 3.8) is 0 Å². The van der Waals surface area contributed by atoms with Crippen LogP contribution in [0.2, 0.25) is 5.02 Å². The second kappa shape index (κ2) is 9.88. The highest BCUT2D eigenvalue weighted by Gasteiger charge is 2.34. The van der Waals surface area contributed by atoms with E-state index in [2.05, 4.69) is 10.6 Å². The molecule has 11 heteroatoms. The van der Waals surface area contributed by atoms with Crippen LogP contribution < -0.4 is 21.1 Å². The summed E-state index contributed by atoms with van der Waals surface area (Å²) in [6, 6.07) is 8.05. The molecule has 1 saturated heterocycles. The Morgan fingerprint density at radius 2 is 2.15 bits per heavy atom. The number of aliphatic hydroxyl groups is 1. The minimum Gasteiger partial charge on any atom is -0.497 e. The van der Waals surface area contributed by atoms with Crippen molar-refractivity contribution in [1.82, 2.24) is 14.8 Å². The summed E-state index contributed by atoms with van der Waals surface area (Å²) in [6.45, 7) is 0.476. The van der Waals surface area contributed by atoms with Crippen LogP contribution in [0.3, 0.4) is 0 Å². The average Bonchev–Trinajstić information content (AvgIpc) is 3.45. The number of hydrogen-bond donors (Lipinski definition) is 4. The number of methoxy groups -OCH3 is 1. The maximum absolute atomic E-state index is 14.1. The summed E-state index contributed by atoms with van der Waals surface area (Å²) in [5, 5.41) is 17.0. The third-order valence-corrected chi connectivity index (χ3v) is 6.24. The van der Waals surface area contributed by atoms with Crippen LogP contribution in [0.1, 0.15) is 18.4 Å². The number of halogens is 2. The summed E-state index contributed by atoms with van der Waals surface area (Å²) in [4.78, 5) is 26.5. The highest BCUT2D eigenvalue weighted by molar-refractivity contribution is 6.30. The summed E-state index contributed by atoms with van der Waals surface area (Å²) in [6.07, 6.45) is 1.63. The number of hydrogen-bond acceptors (Lipinski definition) is 5. The minimum atomic E-state index is -1.08. The molecule has 180 valence electrons. The van der Waals surface area contributed by atoms with Crippen LogP contribution >= 0.6 is 11.6 Å². The molecule has 2 atom stereocenters. The van der Waals surface area contributed by atoms with Crippen LogP contribution in [-0.4, -0.2) is 52.6 Å². The first-order chi connectivity index (χ1) is 16.3. The Kier molecular flexibility index (Phi) is 6.92. The van der Waals surface area contributed by atoms with Gasteiger partial charge in [-0.25, -0.2) is 14.0 Å². The third-order valence-electron chi connectivity index (χ3n) is 5.95. The Bertz CT molecular complexity index is 1230. The summed E-state index contributed by atoms with van der Waals surface area (Å²) in [7, 11) is 1.52. The van der Waals surface area contributed by atoms with Gasteiger partial charge in [0.1, 0.15) is 17.8 Å². The minimum absolute atomic E-state index is 0.00224. The number of ether oxygens (including phenoxy) is 1. The number of anilines is 1. The molecule has 0 saturated carbocycles. The van der Waals surface area contributed by atoms with Crippen molar-refractivity contribution < 1.29 is 23.8 Å². The lowest BCUT2D eigenvalue weighted by atomic mass is 10.1. The summed E-state index contributed by atoms with van der Waals surface area (Å²) < 4.78 is 20.6. The lowest BCUT2D eigenvalue weighted by Gasteiger charge is -2.29. The van der Waals surface area contributed by atoms with E-state index in [0.29, 0.717) is 47.3 Å². The van der Waals surface area contributed by atoms with E-state index >= 15 is 0 Å². The van der Waals surface area contributed by atoms with Crippen LogP contribution in [0.4, 0.5) is 19.7 Å². The van der Waals surface area contributed by atoms with Crippen molar-refractivity contribution in [3.8, 4) is 5.75 Å². The second-order valence-electron chi connectivity index (χ2n) is 8.01. The first kappa shape index (κ1) is 23.8. The number of nitrogens with one attached hydrogen (secondary N) is 2. The van der Waals surface area contributed by atoms with Gasteiger partial charge in [0.15, 0.2) is 0 Å². The summed E-state index contributed by atoms with van der Waals surface area (Å²) >= 11 is 5.81. The third kappa shape index (κ3) is 4.65. The number of likely N-dealkylation sites (tertiary alicyclic amines) is 1. The van der Waals surface area contributed by atoms with Gasteiger partial charge in [-0.2, -0.15) is 0 Å². The number of benzene rings is 2. The van der Waals surface area contributed by atoms with E-state index in [1.807, 2.05) is 0 Å². The monoisotopic (exact) mass is 489 g/mol. The number of carbonyl (C=O) groups excluding carboxylic acids is 2. The van der Waals surface area contributed by atoms with E-state index in [9.17, 15) is 19.1 Å². The quantitative estimate of drug-likeness (QED) is 0.395. The second-order valence-corrected chi connectivity index (χ2v) is 8.41. The van der Waals surface area contributed by atoms with E-state index in [4.69, 9.17) is 22.1 Å². The number of nitrogens with zero attached hydrogens (tertiary/aromatic N) is 2. The van der Waals surface area contributed by atoms with Crippen molar-refractivity contribution in [1.29, 1.82) is 0 Å². The predicted octanol–water partition coefficient (Wildman–Crippen LogP) is 3.47. The van der Waals surface area contributed by atoms with E-state index < -0.39 is 30.1 Å². The zero-order valence-corrected chi connectivity index (χ0v) is 19.2. The van der Waals surface area contributed by atoms with E-state index in [1.165, 1.54) is 28.8 Å². The van der Waals surface area contributed by atoms with Crippen molar-refractivity contribution >= 4 is 40.3 Å². The molecule has 1 aliphatic heterocycles.